The van der Waals surface area contributed by atoms with E-state index in [-0.39, 0.29) is 29.0 Å². The van der Waals surface area contributed by atoms with Gasteiger partial charge >= 0.3 is 0 Å². The molecule has 3 rings (SSSR count). The summed E-state index contributed by atoms with van der Waals surface area (Å²) in [6.45, 7) is 6.89. The van der Waals surface area contributed by atoms with Crippen LogP contribution in [0.5, 0.6) is 0 Å². The lowest BCUT2D eigenvalue weighted by atomic mass is 9.99. The average molecular weight is 368 g/mol. The van der Waals surface area contributed by atoms with Gasteiger partial charge in [0.1, 0.15) is 23.1 Å². The standard InChI is InChI=1S/C18H20F4N4/c1-8(2)9(3)25-15-14(13-11(20)6-10(19)7-12(13)21)17(22)26-18-16(15)23-4-5-24-18/h6-9,23H,4-5H2,1-3H3,(H2,24,25,26). The molecule has 0 saturated carbocycles. The van der Waals surface area contributed by atoms with Crippen LogP contribution in [0.3, 0.4) is 0 Å². The topological polar surface area (TPSA) is 49.0 Å². The second-order valence-electron chi connectivity index (χ2n) is 6.65. The fourth-order valence-electron chi connectivity index (χ4n) is 2.77. The van der Waals surface area contributed by atoms with Crippen LogP contribution in [0.2, 0.25) is 0 Å². The Balaban J connectivity index is 2.27. The predicted molar refractivity (Wildman–Crippen MR) is 94.4 cm³/mol. The van der Waals surface area contributed by atoms with Gasteiger partial charge in [-0.1, -0.05) is 13.8 Å². The highest BCUT2D eigenvalue weighted by molar-refractivity contribution is 5.93. The number of fused-ring (bicyclic) bond motifs is 1. The summed E-state index contributed by atoms with van der Waals surface area (Å²) in [6, 6.07) is 0.937. The van der Waals surface area contributed by atoms with E-state index in [1.165, 1.54) is 0 Å². The van der Waals surface area contributed by atoms with Gasteiger partial charge in [-0.15, -0.1) is 0 Å². The second-order valence-corrected chi connectivity index (χ2v) is 6.65. The highest BCUT2D eigenvalue weighted by Crippen LogP contribution is 2.43. The van der Waals surface area contributed by atoms with Crippen molar-refractivity contribution < 1.29 is 17.6 Å². The van der Waals surface area contributed by atoms with Crippen LogP contribution in [-0.2, 0) is 0 Å². The van der Waals surface area contributed by atoms with Crippen molar-refractivity contribution in [3.05, 3.63) is 35.5 Å². The summed E-state index contributed by atoms with van der Waals surface area (Å²) in [5.74, 6) is -4.05. The number of nitrogens with zero attached hydrogens (tertiary/aromatic N) is 1. The van der Waals surface area contributed by atoms with Crippen molar-refractivity contribution >= 4 is 17.2 Å². The molecule has 1 atom stereocenters. The first-order chi connectivity index (χ1) is 12.3. The third-order valence-electron chi connectivity index (χ3n) is 4.50. The van der Waals surface area contributed by atoms with Crippen LogP contribution in [0.15, 0.2) is 12.1 Å². The molecule has 1 aromatic carbocycles. The molecule has 3 N–H and O–H groups in total. The molecule has 140 valence electrons. The molecule has 8 heteroatoms. The summed E-state index contributed by atoms with van der Waals surface area (Å²) in [7, 11) is 0. The number of hydrogen-bond donors (Lipinski definition) is 3. The quantitative estimate of drug-likeness (QED) is 0.545. The Labute approximate surface area is 149 Å². The van der Waals surface area contributed by atoms with Crippen LogP contribution in [0.1, 0.15) is 20.8 Å². The molecule has 4 nitrogen and oxygen atoms in total. The maximum atomic E-state index is 14.8. The zero-order chi connectivity index (χ0) is 19.0. The normalized spacial score (nSPS) is 14.5. The van der Waals surface area contributed by atoms with Gasteiger partial charge in [0.05, 0.1) is 16.8 Å². The number of aromatic nitrogens is 1. The summed E-state index contributed by atoms with van der Waals surface area (Å²) in [5.41, 5.74) is -0.374. The summed E-state index contributed by atoms with van der Waals surface area (Å²) < 4.78 is 56.8. The van der Waals surface area contributed by atoms with Crippen LogP contribution in [0.25, 0.3) is 11.1 Å². The van der Waals surface area contributed by atoms with Crippen LogP contribution >= 0.6 is 0 Å². The third-order valence-corrected chi connectivity index (χ3v) is 4.50. The van der Waals surface area contributed by atoms with Crippen molar-refractivity contribution in [2.24, 2.45) is 5.92 Å². The van der Waals surface area contributed by atoms with Gasteiger partial charge < -0.3 is 16.0 Å². The monoisotopic (exact) mass is 368 g/mol. The molecule has 0 bridgehead atoms. The van der Waals surface area contributed by atoms with Crippen molar-refractivity contribution in [1.29, 1.82) is 0 Å². The van der Waals surface area contributed by atoms with Crippen molar-refractivity contribution in [2.45, 2.75) is 26.8 Å². The van der Waals surface area contributed by atoms with Gasteiger partial charge in [-0.3, -0.25) is 0 Å². The Hall–Kier alpha value is -2.51. The fraction of sp³-hybridized carbons (Fsp3) is 0.389. The van der Waals surface area contributed by atoms with Gasteiger partial charge in [-0.25, -0.2) is 13.2 Å². The summed E-state index contributed by atoms with van der Waals surface area (Å²) >= 11 is 0. The first-order valence-electron chi connectivity index (χ1n) is 8.42. The van der Waals surface area contributed by atoms with E-state index in [1.54, 1.807) is 0 Å². The van der Waals surface area contributed by atoms with Gasteiger partial charge in [-0.05, 0) is 12.8 Å². The molecule has 2 aromatic rings. The first-order valence-corrected chi connectivity index (χ1v) is 8.42. The van der Waals surface area contributed by atoms with Crippen LogP contribution < -0.4 is 16.0 Å². The van der Waals surface area contributed by atoms with E-state index in [4.69, 9.17) is 0 Å². The largest absolute Gasteiger partial charge is 0.380 e. The number of hydrogen-bond acceptors (Lipinski definition) is 4. The number of anilines is 3. The molecule has 0 saturated heterocycles. The van der Waals surface area contributed by atoms with E-state index < -0.39 is 29.0 Å². The van der Waals surface area contributed by atoms with E-state index in [1.807, 2.05) is 20.8 Å². The average Bonchev–Trinajstić information content (AvgIpc) is 2.56. The summed E-state index contributed by atoms with van der Waals surface area (Å²) in [6.07, 6.45) is 0. The SMILES string of the molecule is CC(C)C(C)Nc1c2c(nc(F)c1-c1c(F)cc(F)cc1F)NCCN2. The van der Waals surface area contributed by atoms with Gasteiger partial charge in [0.15, 0.2) is 5.82 Å². The van der Waals surface area contributed by atoms with E-state index in [0.717, 1.165) is 0 Å². The zero-order valence-electron chi connectivity index (χ0n) is 14.7. The molecule has 26 heavy (non-hydrogen) atoms. The highest BCUT2D eigenvalue weighted by atomic mass is 19.1. The van der Waals surface area contributed by atoms with E-state index in [2.05, 4.69) is 20.9 Å². The van der Waals surface area contributed by atoms with E-state index in [0.29, 0.717) is 30.9 Å². The number of rotatable bonds is 4. The molecule has 0 radical (unpaired) electrons. The number of pyridine rings is 1. The molecule has 1 aromatic heterocycles. The van der Waals surface area contributed by atoms with Gasteiger partial charge in [0, 0.05) is 31.3 Å². The van der Waals surface area contributed by atoms with Crippen molar-refractivity contribution in [3.63, 3.8) is 0 Å². The minimum absolute atomic E-state index is 0.116. The Morgan fingerprint density at radius 3 is 2.19 bits per heavy atom. The van der Waals surface area contributed by atoms with Gasteiger partial charge in [0.25, 0.3) is 0 Å². The molecule has 0 fully saturated rings. The molecule has 0 spiro atoms. The molecule has 0 amide bonds. The number of benzene rings is 1. The lowest BCUT2D eigenvalue weighted by Gasteiger charge is -2.28. The first kappa shape index (κ1) is 18.3. The predicted octanol–water partition coefficient (Wildman–Crippen LogP) is 4.60. The Morgan fingerprint density at radius 2 is 1.58 bits per heavy atom. The van der Waals surface area contributed by atoms with Crippen LogP contribution in [0, 0.1) is 29.3 Å². The molecule has 1 aliphatic heterocycles. The van der Waals surface area contributed by atoms with Crippen LogP contribution in [-0.4, -0.2) is 24.1 Å². The zero-order valence-corrected chi connectivity index (χ0v) is 14.7. The maximum Gasteiger partial charge on any atom is 0.225 e. The van der Waals surface area contributed by atoms with Gasteiger partial charge in [-0.2, -0.15) is 9.37 Å². The molecular weight excluding hydrogens is 348 g/mol. The minimum Gasteiger partial charge on any atom is -0.380 e. The summed E-state index contributed by atoms with van der Waals surface area (Å²) in [5, 5.41) is 9.19. The summed E-state index contributed by atoms with van der Waals surface area (Å²) in [4.78, 5) is 3.80. The molecule has 2 heterocycles. The number of nitrogens with one attached hydrogen (secondary N) is 3. The maximum absolute atomic E-state index is 14.8. The fourth-order valence-corrected chi connectivity index (χ4v) is 2.77. The Kier molecular flexibility index (Phi) is 4.93. The Bertz CT molecular complexity index is 815. The van der Waals surface area contributed by atoms with Crippen molar-refractivity contribution in [1.82, 2.24) is 4.98 Å². The smallest absolute Gasteiger partial charge is 0.225 e. The van der Waals surface area contributed by atoms with E-state index in [9.17, 15) is 17.6 Å². The highest BCUT2D eigenvalue weighted by Gasteiger charge is 2.28. The number of halogens is 4. The molecule has 0 aliphatic carbocycles. The van der Waals surface area contributed by atoms with E-state index >= 15 is 0 Å². The molecule has 1 aliphatic rings. The van der Waals surface area contributed by atoms with Crippen molar-refractivity contribution in [3.8, 4) is 11.1 Å². The molecular formula is C18H20F4N4. The van der Waals surface area contributed by atoms with Crippen molar-refractivity contribution in [2.75, 3.05) is 29.0 Å². The Morgan fingerprint density at radius 1 is 0.962 bits per heavy atom. The lowest BCUT2D eigenvalue weighted by Crippen LogP contribution is -2.27. The molecule has 1 unspecified atom stereocenters. The minimum atomic E-state index is -1.19. The lowest BCUT2D eigenvalue weighted by molar-refractivity contribution is 0.540. The third kappa shape index (κ3) is 3.27. The second kappa shape index (κ2) is 7.01. The van der Waals surface area contributed by atoms with Crippen LogP contribution in [0.4, 0.5) is 34.8 Å². The van der Waals surface area contributed by atoms with Gasteiger partial charge in [0.2, 0.25) is 5.95 Å².